The fourth-order valence-electron chi connectivity index (χ4n) is 3.45. The van der Waals surface area contributed by atoms with Crippen molar-refractivity contribution in [2.45, 2.75) is 18.9 Å². The Bertz CT molecular complexity index is 806. The van der Waals surface area contributed by atoms with Crippen LogP contribution in [0.2, 0.25) is 0 Å². The second-order valence-electron chi connectivity index (χ2n) is 7.09. The maximum Gasteiger partial charge on any atom is 0.338 e. The number of hydrogen-bond acceptors (Lipinski definition) is 6. The van der Waals surface area contributed by atoms with Crippen molar-refractivity contribution in [2.75, 3.05) is 42.0 Å². The molecule has 0 amide bonds. The van der Waals surface area contributed by atoms with Gasteiger partial charge in [0.1, 0.15) is 0 Å². The number of methoxy groups -OCH3 is 3. The summed E-state index contributed by atoms with van der Waals surface area (Å²) in [5, 5.41) is 13.1. The number of hydrogen-bond donors (Lipinski definition) is 0. The molecule has 0 spiro atoms. The van der Waals surface area contributed by atoms with Gasteiger partial charge in [-0.05, 0) is 12.1 Å². The van der Waals surface area contributed by atoms with Crippen LogP contribution in [0.25, 0.3) is 0 Å². The van der Waals surface area contributed by atoms with E-state index in [4.69, 9.17) is 18.9 Å². The van der Waals surface area contributed by atoms with E-state index in [9.17, 15) is 10.0 Å². The van der Waals surface area contributed by atoms with Gasteiger partial charge in [-0.25, -0.2) is 4.79 Å². The van der Waals surface area contributed by atoms with Gasteiger partial charge in [-0.3, -0.25) is 0 Å². The molecule has 0 fully saturated rings. The molecule has 1 unspecified atom stereocenters. The van der Waals surface area contributed by atoms with Gasteiger partial charge >= 0.3 is 5.97 Å². The van der Waals surface area contributed by atoms with E-state index >= 15 is 0 Å². The summed E-state index contributed by atoms with van der Waals surface area (Å²) in [5.74, 6) is 0.509. The zero-order chi connectivity index (χ0) is 21.7. The van der Waals surface area contributed by atoms with E-state index in [-0.39, 0.29) is 12.2 Å². The highest BCUT2D eigenvalue weighted by Crippen LogP contribution is 2.39. The quantitative estimate of drug-likeness (QED) is 0.361. The summed E-state index contributed by atoms with van der Waals surface area (Å²) in [7, 11) is 7.55. The van der Waals surface area contributed by atoms with Crippen LogP contribution in [0.4, 0.5) is 0 Å². The van der Waals surface area contributed by atoms with Crippen LogP contribution in [0, 0.1) is 5.21 Å². The molecule has 1 atom stereocenters. The molecule has 7 heteroatoms. The molecule has 158 valence electrons. The number of likely N-dealkylation sites (N-methyl/N-ethyl adjacent to an activating group) is 1. The van der Waals surface area contributed by atoms with Gasteiger partial charge in [-0.1, -0.05) is 37.3 Å². The average Bonchev–Trinajstić information content (AvgIpc) is 2.72. The second kappa shape index (κ2) is 9.15. The number of hydroxylamine groups is 3. The normalized spacial score (nSPS) is 13.3. The smallest absolute Gasteiger partial charge is 0.338 e. The second-order valence-corrected chi connectivity index (χ2v) is 7.09. The molecule has 2 aromatic carbocycles. The molecule has 0 aromatic heterocycles. The summed E-state index contributed by atoms with van der Waals surface area (Å²) in [6.07, 6.45) is 0.496. The molecule has 0 saturated heterocycles. The highest BCUT2D eigenvalue weighted by molar-refractivity contribution is 5.91. The standard InChI is InChI=1S/C22H29NO6/c1-7-22(23(2,3)25,17-11-9-8-10-12-17)15-29-21(24)16-13-18(26-4)20(28-6)19(14-16)27-5/h8-14H,7,15H2,1-6H3. The van der Waals surface area contributed by atoms with E-state index in [2.05, 4.69) is 0 Å². The summed E-state index contributed by atoms with van der Waals surface area (Å²) in [5.41, 5.74) is 0.131. The third-order valence-electron chi connectivity index (χ3n) is 5.27. The fourth-order valence-corrected chi connectivity index (χ4v) is 3.45. The fraction of sp³-hybridized carbons (Fsp3) is 0.409. The van der Waals surface area contributed by atoms with E-state index < -0.39 is 16.2 Å². The van der Waals surface area contributed by atoms with E-state index in [1.165, 1.54) is 33.5 Å². The monoisotopic (exact) mass is 403 g/mol. The summed E-state index contributed by atoms with van der Waals surface area (Å²) in [4.78, 5) is 12.8. The molecular weight excluding hydrogens is 374 g/mol. The third-order valence-corrected chi connectivity index (χ3v) is 5.27. The topological polar surface area (TPSA) is 77.1 Å². The molecule has 0 heterocycles. The summed E-state index contributed by atoms with van der Waals surface area (Å²) in [6, 6.07) is 12.4. The first-order valence-electron chi connectivity index (χ1n) is 9.31. The minimum Gasteiger partial charge on any atom is -0.632 e. The SMILES string of the molecule is CCC(COC(=O)c1cc(OC)c(OC)c(OC)c1)(c1ccccc1)[N+](C)(C)[O-]. The highest BCUT2D eigenvalue weighted by atomic mass is 16.6. The molecule has 0 aliphatic heterocycles. The Kier molecular flexibility index (Phi) is 7.11. The predicted octanol–water partition coefficient (Wildman–Crippen LogP) is 3.75. The van der Waals surface area contributed by atoms with Crippen molar-refractivity contribution in [3.8, 4) is 17.2 Å². The summed E-state index contributed by atoms with van der Waals surface area (Å²) >= 11 is 0. The van der Waals surface area contributed by atoms with Gasteiger partial charge in [0.05, 0.1) is 41.0 Å². The minimum atomic E-state index is -0.933. The number of carbonyl (C=O) groups excluding carboxylic acids is 1. The van der Waals surface area contributed by atoms with Crippen LogP contribution in [0.15, 0.2) is 42.5 Å². The molecular formula is C22H29NO6. The first-order valence-corrected chi connectivity index (χ1v) is 9.31. The Balaban J connectivity index is 2.36. The van der Waals surface area contributed by atoms with Crippen LogP contribution in [0.3, 0.4) is 0 Å². The largest absolute Gasteiger partial charge is 0.632 e. The molecule has 2 aromatic rings. The van der Waals surface area contributed by atoms with Crippen LogP contribution in [-0.2, 0) is 10.3 Å². The van der Waals surface area contributed by atoms with Gasteiger partial charge in [-0.15, -0.1) is 0 Å². The molecule has 0 saturated carbocycles. The first kappa shape index (κ1) is 22.5. The minimum absolute atomic E-state index is 0.0699. The Morgan fingerprint density at radius 1 is 1.00 bits per heavy atom. The Morgan fingerprint density at radius 2 is 1.55 bits per heavy atom. The maximum absolute atomic E-state index is 13.1. The van der Waals surface area contributed by atoms with Gasteiger partial charge in [0.25, 0.3) is 0 Å². The van der Waals surface area contributed by atoms with E-state index in [0.717, 1.165) is 5.56 Å². The van der Waals surface area contributed by atoms with Crippen molar-refractivity contribution in [3.05, 3.63) is 58.8 Å². The van der Waals surface area contributed by atoms with Gasteiger partial charge in [0, 0.05) is 12.0 Å². The first-order chi connectivity index (χ1) is 13.7. The number of carbonyl (C=O) groups is 1. The van der Waals surface area contributed by atoms with Crippen molar-refractivity contribution >= 4 is 5.97 Å². The summed E-state index contributed by atoms with van der Waals surface area (Å²) < 4.78 is 20.9. The van der Waals surface area contributed by atoms with Crippen LogP contribution >= 0.6 is 0 Å². The molecule has 0 radical (unpaired) electrons. The maximum atomic E-state index is 13.1. The number of benzene rings is 2. The Hall–Kier alpha value is -2.77. The van der Waals surface area contributed by atoms with E-state index in [0.29, 0.717) is 23.7 Å². The van der Waals surface area contributed by atoms with Gasteiger partial charge in [0.15, 0.2) is 23.6 Å². The lowest BCUT2D eigenvalue weighted by Gasteiger charge is -2.51. The number of rotatable bonds is 9. The molecule has 0 aliphatic carbocycles. The Morgan fingerprint density at radius 3 is 1.97 bits per heavy atom. The molecule has 7 nitrogen and oxygen atoms in total. The van der Waals surface area contributed by atoms with Crippen molar-refractivity contribution in [1.29, 1.82) is 0 Å². The van der Waals surface area contributed by atoms with Crippen LogP contribution < -0.4 is 14.2 Å². The number of quaternary nitrogens is 1. The third kappa shape index (κ3) is 4.46. The van der Waals surface area contributed by atoms with Crippen LogP contribution in [-0.4, -0.2) is 52.6 Å². The Labute approximate surface area is 171 Å². The zero-order valence-electron chi connectivity index (χ0n) is 17.9. The molecule has 0 N–H and O–H groups in total. The number of ether oxygens (including phenoxy) is 4. The van der Waals surface area contributed by atoms with E-state index in [1.54, 1.807) is 14.1 Å². The van der Waals surface area contributed by atoms with Crippen molar-refractivity contribution in [1.82, 2.24) is 0 Å². The lowest BCUT2D eigenvalue weighted by molar-refractivity contribution is -0.905. The zero-order valence-corrected chi connectivity index (χ0v) is 17.9. The summed E-state index contributed by atoms with van der Waals surface area (Å²) in [6.45, 7) is 1.84. The lowest BCUT2D eigenvalue weighted by Crippen LogP contribution is -2.56. The molecule has 29 heavy (non-hydrogen) atoms. The molecule has 2 rings (SSSR count). The predicted molar refractivity (Wildman–Crippen MR) is 110 cm³/mol. The molecule has 0 bridgehead atoms. The molecule has 0 aliphatic rings. The van der Waals surface area contributed by atoms with Gasteiger partial charge in [-0.2, -0.15) is 0 Å². The van der Waals surface area contributed by atoms with Gasteiger partial charge < -0.3 is 28.8 Å². The lowest BCUT2D eigenvalue weighted by atomic mass is 9.86. The van der Waals surface area contributed by atoms with E-state index in [1.807, 2.05) is 37.3 Å². The number of nitrogens with zero attached hydrogens (tertiary/aromatic N) is 1. The van der Waals surface area contributed by atoms with Crippen molar-refractivity contribution in [3.63, 3.8) is 0 Å². The van der Waals surface area contributed by atoms with Crippen molar-refractivity contribution < 1.29 is 28.4 Å². The van der Waals surface area contributed by atoms with Gasteiger partial charge in [0.2, 0.25) is 5.75 Å². The van der Waals surface area contributed by atoms with Crippen LogP contribution in [0.5, 0.6) is 17.2 Å². The number of esters is 1. The van der Waals surface area contributed by atoms with Crippen LogP contribution in [0.1, 0.15) is 29.3 Å². The highest BCUT2D eigenvalue weighted by Gasteiger charge is 2.42. The van der Waals surface area contributed by atoms with Crippen molar-refractivity contribution in [2.24, 2.45) is 0 Å². The average molecular weight is 403 g/mol.